The number of rotatable bonds is 1. The Bertz CT molecular complexity index is 492. The molecule has 0 atom stereocenters. The van der Waals surface area contributed by atoms with Gasteiger partial charge in [-0.3, -0.25) is 5.10 Å². The van der Waals surface area contributed by atoms with Gasteiger partial charge in [0, 0.05) is 6.54 Å². The maximum atomic E-state index is 5.71. The van der Waals surface area contributed by atoms with Crippen LogP contribution < -0.4 is 9.64 Å². The maximum Gasteiger partial charge on any atom is 0.198 e. The number of anilines is 2. The van der Waals surface area contributed by atoms with Gasteiger partial charge in [-0.25, -0.2) is 0 Å². The molecule has 1 aliphatic heterocycles. The second kappa shape index (κ2) is 3.02. The Morgan fingerprint density at radius 1 is 1.33 bits per heavy atom. The van der Waals surface area contributed by atoms with Crippen molar-refractivity contribution in [1.29, 1.82) is 0 Å². The largest absolute Gasteiger partial charge is 0.450 e. The van der Waals surface area contributed by atoms with Gasteiger partial charge in [0.25, 0.3) is 0 Å². The third-order valence-electron chi connectivity index (χ3n) is 2.53. The lowest BCUT2D eigenvalue weighted by molar-refractivity contribution is 0.474. The minimum Gasteiger partial charge on any atom is -0.450 e. The van der Waals surface area contributed by atoms with Crippen molar-refractivity contribution in [3.63, 3.8) is 0 Å². The zero-order valence-electron chi connectivity index (χ0n) is 8.40. The topological polar surface area (TPSA) is 41.1 Å². The maximum absolute atomic E-state index is 5.71. The smallest absolute Gasteiger partial charge is 0.198 e. The van der Waals surface area contributed by atoms with Crippen molar-refractivity contribution < 1.29 is 4.74 Å². The highest BCUT2D eigenvalue weighted by Crippen LogP contribution is 2.44. The summed E-state index contributed by atoms with van der Waals surface area (Å²) in [5, 5.41) is 7.01. The molecule has 1 aliphatic rings. The molecule has 4 heteroatoms. The summed E-state index contributed by atoms with van der Waals surface area (Å²) in [7, 11) is 0. The monoisotopic (exact) mass is 201 g/mol. The van der Waals surface area contributed by atoms with E-state index in [1.165, 1.54) is 0 Å². The summed E-state index contributed by atoms with van der Waals surface area (Å²) in [5.74, 6) is 2.53. The zero-order chi connectivity index (χ0) is 10.3. The molecule has 0 amide bonds. The van der Waals surface area contributed by atoms with Crippen molar-refractivity contribution >= 4 is 11.5 Å². The Morgan fingerprint density at radius 3 is 3.07 bits per heavy atom. The second-order valence-electron chi connectivity index (χ2n) is 3.39. The van der Waals surface area contributed by atoms with Crippen molar-refractivity contribution in [1.82, 2.24) is 10.2 Å². The number of para-hydroxylation sites is 2. The van der Waals surface area contributed by atoms with Gasteiger partial charge in [-0.2, -0.15) is 5.10 Å². The number of nitrogens with zero attached hydrogens (tertiary/aromatic N) is 2. The first-order valence-corrected chi connectivity index (χ1v) is 4.98. The summed E-state index contributed by atoms with van der Waals surface area (Å²) in [6, 6.07) is 7.98. The van der Waals surface area contributed by atoms with Crippen LogP contribution in [-0.4, -0.2) is 16.7 Å². The normalized spacial score (nSPS) is 13.0. The van der Waals surface area contributed by atoms with Gasteiger partial charge in [-0.05, 0) is 19.1 Å². The molecule has 0 aliphatic carbocycles. The molecule has 0 spiro atoms. The van der Waals surface area contributed by atoms with Gasteiger partial charge < -0.3 is 9.64 Å². The standard InChI is InChI=1S/C11H11N3O/c1-2-14-8-5-3-4-6-9(8)15-10-7-12-13-11(10)14/h3-7H,2H2,1H3,(H,12,13). The predicted octanol–water partition coefficient (Wildman–Crippen LogP) is 2.67. The van der Waals surface area contributed by atoms with Gasteiger partial charge in [0.2, 0.25) is 0 Å². The van der Waals surface area contributed by atoms with Crippen molar-refractivity contribution in [2.24, 2.45) is 0 Å². The lowest BCUT2D eigenvalue weighted by Crippen LogP contribution is -2.20. The van der Waals surface area contributed by atoms with E-state index in [0.717, 1.165) is 29.5 Å². The fourth-order valence-corrected chi connectivity index (χ4v) is 1.86. The molecule has 0 bridgehead atoms. The van der Waals surface area contributed by atoms with Crippen LogP contribution in [0.2, 0.25) is 0 Å². The molecule has 3 rings (SSSR count). The van der Waals surface area contributed by atoms with E-state index in [-0.39, 0.29) is 0 Å². The number of hydrogen-bond donors (Lipinski definition) is 1. The number of hydrogen-bond acceptors (Lipinski definition) is 3. The van der Waals surface area contributed by atoms with Crippen LogP contribution in [0.25, 0.3) is 0 Å². The average molecular weight is 201 g/mol. The molecule has 76 valence electrons. The number of H-pyrrole nitrogens is 1. The van der Waals surface area contributed by atoms with E-state index in [4.69, 9.17) is 4.74 Å². The van der Waals surface area contributed by atoms with Crippen LogP contribution in [0.15, 0.2) is 30.5 Å². The van der Waals surface area contributed by atoms with Crippen LogP contribution in [0.5, 0.6) is 11.5 Å². The molecular formula is C11H11N3O. The number of aromatic nitrogens is 2. The van der Waals surface area contributed by atoms with Crippen molar-refractivity contribution in [2.75, 3.05) is 11.4 Å². The van der Waals surface area contributed by atoms with Gasteiger partial charge in [0.15, 0.2) is 17.3 Å². The molecule has 0 unspecified atom stereocenters. The third-order valence-corrected chi connectivity index (χ3v) is 2.53. The molecule has 1 aromatic heterocycles. The second-order valence-corrected chi connectivity index (χ2v) is 3.39. The quantitative estimate of drug-likeness (QED) is 0.771. The highest BCUT2D eigenvalue weighted by atomic mass is 16.5. The highest BCUT2D eigenvalue weighted by molar-refractivity contribution is 5.74. The van der Waals surface area contributed by atoms with Crippen molar-refractivity contribution in [3.8, 4) is 11.5 Å². The highest BCUT2D eigenvalue weighted by Gasteiger charge is 2.24. The van der Waals surface area contributed by atoms with Crippen LogP contribution >= 0.6 is 0 Å². The Balaban J connectivity index is 2.18. The minimum absolute atomic E-state index is 0.788. The van der Waals surface area contributed by atoms with E-state index in [2.05, 4.69) is 22.0 Å². The van der Waals surface area contributed by atoms with Gasteiger partial charge in [-0.15, -0.1) is 0 Å². The summed E-state index contributed by atoms with van der Waals surface area (Å²) in [6.07, 6.45) is 1.77. The van der Waals surface area contributed by atoms with Crippen LogP contribution in [-0.2, 0) is 0 Å². The molecule has 4 nitrogen and oxygen atoms in total. The molecule has 1 N–H and O–H groups in total. The Morgan fingerprint density at radius 2 is 2.20 bits per heavy atom. The molecule has 2 aromatic rings. The Labute approximate surface area is 87.5 Å². The lowest BCUT2D eigenvalue weighted by atomic mass is 10.2. The SMILES string of the molecule is CCN1c2ccccc2Oc2c[nH]nc21. The number of ether oxygens (including phenoxy) is 1. The van der Waals surface area contributed by atoms with E-state index in [1.54, 1.807) is 6.20 Å². The van der Waals surface area contributed by atoms with E-state index in [0.29, 0.717) is 0 Å². The number of benzene rings is 1. The first-order valence-electron chi connectivity index (χ1n) is 4.98. The predicted molar refractivity (Wildman–Crippen MR) is 57.8 cm³/mol. The summed E-state index contributed by atoms with van der Waals surface area (Å²) < 4.78 is 5.71. The lowest BCUT2D eigenvalue weighted by Gasteiger charge is -2.28. The first kappa shape index (κ1) is 8.35. The van der Waals surface area contributed by atoms with Crippen molar-refractivity contribution in [3.05, 3.63) is 30.5 Å². The minimum atomic E-state index is 0.788. The fourth-order valence-electron chi connectivity index (χ4n) is 1.86. The van der Waals surface area contributed by atoms with Crippen molar-refractivity contribution in [2.45, 2.75) is 6.92 Å². The number of aromatic amines is 1. The summed E-state index contributed by atoms with van der Waals surface area (Å²) in [5.41, 5.74) is 1.07. The molecule has 2 heterocycles. The van der Waals surface area contributed by atoms with Gasteiger partial charge in [0.1, 0.15) is 0 Å². The van der Waals surface area contributed by atoms with Gasteiger partial charge >= 0.3 is 0 Å². The van der Waals surface area contributed by atoms with Gasteiger partial charge in [0.05, 0.1) is 11.9 Å². The molecular weight excluding hydrogens is 190 g/mol. The van der Waals surface area contributed by atoms with Crippen LogP contribution in [0.4, 0.5) is 11.5 Å². The summed E-state index contributed by atoms with van der Waals surface area (Å²) in [4.78, 5) is 2.13. The number of nitrogens with one attached hydrogen (secondary N) is 1. The molecule has 15 heavy (non-hydrogen) atoms. The van der Waals surface area contributed by atoms with Crippen LogP contribution in [0.1, 0.15) is 6.92 Å². The number of fused-ring (bicyclic) bond motifs is 2. The molecule has 0 radical (unpaired) electrons. The van der Waals surface area contributed by atoms with E-state index in [1.807, 2.05) is 24.3 Å². The van der Waals surface area contributed by atoms with E-state index in [9.17, 15) is 0 Å². The Kier molecular flexibility index (Phi) is 1.68. The molecule has 0 fully saturated rings. The van der Waals surface area contributed by atoms with Crippen LogP contribution in [0, 0.1) is 0 Å². The molecule has 0 saturated heterocycles. The zero-order valence-corrected chi connectivity index (χ0v) is 8.40. The van der Waals surface area contributed by atoms with Gasteiger partial charge in [-0.1, -0.05) is 12.1 Å². The molecule has 1 aromatic carbocycles. The first-order chi connectivity index (χ1) is 7.40. The fraction of sp³-hybridized carbons (Fsp3) is 0.182. The van der Waals surface area contributed by atoms with E-state index >= 15 is 0 Å². The average Bonchev–Trinajstić information content (AvgIpc) is 2.73. The van der Waals surface area contributed by atoms with E-state index < -0.39 is 0 Å². The summed E-state index contributed by atoms with van der Waals surface area (Å²) >= 11 is 0. The molecule has 0 saturated carbocycles. The Hall–Kier alpha value is -1.97. The summed E-state index contributed by atoms with van der Waals surface area (Å²) in [6.45, 7) is 2.97. The van der Waals surface area contributed by atoms with Crippen LogP contribution in [0.3, 0.4) is 0 Å². The third kappa shape index (κ3) is 1.11.